The van der Waals surface area contributed by atoms with Crippen molar-refractivity contribution < 1.29 is 9.90 Å². The Kier molecular flexibility index (Phi) is 3.76. The van der Waals surface area contributed by atoms with E-state index in [1.54, 1.807) is 6.07 Å². The van der Waals surface area contributed by atoms with Gasteiger partial charge in [-0.3, -0.25) is 4.79 Å². The number of nitrogen functional groups attached to an aromatic ring is 1. The molecule has 1 unspecified atom stereocenters. The zero-order valence-corrected chi connectivity index (χ0v) is 13.0. The Balaban J connectivity index is 2.52. The first-order valence-corrected chi connectivity index (χ1v) is 7.34. The van der Waals surface area contributed by atoms with Crippen molar-refractivity contribution in [3.05, 3.63) is 28.8 Å². The fourth-order valence-corrected chi connectivity index (χ4v) is 3.71. The molecule has 110 valence electrons. The van der Waals surface area contributed by atoms with Gasteiger partial charge in [0.15, 0.2) is 0 Å². The number of carboxylic acids is 1. The standard InChI is InChI=1S/C16H22ClNO2/c1-15(2,3)13(14(19)20)16(7-4-8-16)10-5-6-11(17)12(18)9-10/h5-6,9,13H,4,7-8,18H2,1-3H3,(H,19,20). The molecule has 0 heterocycles. The Morgan fingerprint density at radius 1 is 1.40 bits per heavy atom. The zero-order valence-electron chi connectivity index (χ0n) is 12.2. The molecule has 20 heavy (non-hydrogen) atoms. The molecule has 0 amide bonds. The highest BCUT2D eigenvalue weighted by Crippen LogP contribution is 2.55. The number of carbonyl (C=O) groups is 1. The quantitative estimate of drug-likeness (QED) is 0.826. The van der Waals surface area contributed by atoms with Gasteiger partial charge < -0.3 is 10.8 Å². The van der Waals surface area contributed by atoms with Crippen LogP contribution in [0.4, 0.5) is 5.69 Å². The number of benzene rings is 1. The smallest absolute Gasteiger partial charge is 0.307 e. The highest BCUT2D eigenvalue weighted by atomic mass is 35.5. The Labute approximate surface area is 125 Å². The molecule has 0 aliphatic heterocycles. The number of halogens is 1. The number of anilines is 1. The van der Waals surface area contributed by atoms with Gasteiger partial charge in [-0.15, -0.1) is 0 Å². The molecule has 0 saturated heterocycles. The van der Waals surface area contributed by atoms with E-state index in [9.17, 15) is 9.90 Å². The van der Waals surface area contributed by atoms with Crippen molar-refractivity contribution in [2.24, 2.45) is 11.3 Å². The topological polar surface area (TPSA) is 63.3 Å². The number of hydrogen-bond donors (Lipinski definition) is 2. The van der Waals surface area contributed by atoms with E-state index in [1.165, 1.54) is 0 Å². The van der Waals surface area contributed by atoms with Crippen molar-refractivity contribution in [2.75, 3.05) is 5.73 Å². The van der Waals surface area contributed by atoms with Gasteiger partial charge in [0, 0.05) is 5.41 Å². The maximum atomic E-state index is 11.9. The molecule has 1 aromatic carbocycles. The summed E-state index contributed by atoms with van der Waals surface area (Å²) in [6.07, 6.45) is 2.84. The summed E-state index contributed by atoms with van der Waals surface area (Å²) in [5.74, 6) is -1.16. The summed E-state index contributed by atoms with van der Waals surface area (Å²) in [4.78, 5) is 11.9. The average molecular weight is 296 g/mol. The van der Waals surface area contributed by atoms with Crippen LogP contribution in [0.25, 0.3) is 0 Å². The SMILES string of the molecule is CC(C)(C)C(C(=O)O)C1(c2ccc(Cl)c(N)c2)CCC1. The van der Waals surface area contributed by atoms with E-state index < -0.39 is 11.9 Å². The molecule has 1 aliphatic carbocycles. The number of nitrogens with two attached hydrogens (primary N) is 1. The van der Waals surface area contributed by atoms with Crippen LogP contribution in [0.3, 0.4) is 0 Å². The number of hydrogen-bond acceptors (Lipinski definition) is 2. The predicted octanol–water partition coefficient (Wildman–Crippen LogP) is 4.09. The van der Waals surface area contributed by atoms with Gasteiger partial charge in [0.25, 0.3) is 0 Å². The second-order valence-corrected chi connectivity index (χ2v) is 7.29. The van der Waals surface area contributed by atoms with Crippen LogP contribution in [0.1, 0.15) is 45.6 Å². The van der Waals surface area contributed by atoms with Crippen LogP contribution in [0.5, 0.6) is 0 Å². The second-order valence-electron chi connectivity index (χ2n) is 6.88. The van der Waals surface area contributed by atoms with Gasteiger partial charge in [-0.25, -0.2) is 0 Å². The van der Waals surface area contributed by atoms with E-state index in [-0.39, 0.29) is 10.8 Å². The van der Waals surface area contributed by atoms with Crippen LogP contribution in [0.15, 0.2) is 18.2 Å². The summed E-state index contributed by atoms with van der Waals surface area (Å²) >= 11 is 5.98. The molecule has 2 rings (SSSR count). The Hall–Kier alpha value is -1.22. The monoisotopic (exact) mass is 295 g/mol. The van der Waals surface area contributed by atoms with Crippen LogP contribution in [-0.2, 0) is 10.2 Å². The fraction of sp³-hybridized carbons (Fsp3) is 0.562. The van der Waals surface area contributed by atoms with Crippen molar-refractivity contribution in [3.8, 4) is 0 Å². The second kappa shape index (κ2) is 4.96. The van der Waals surface area contributed by atoms with Crippen molar-refractivity contribution in [3.63, 3.8) is 0 Å². The highest BCUT2D eigenvalue weighted by molar-refractivity contribution is 6.33. The summed E-state index contributed by atoms with van der Waals surface area (Å²) in [7, 11) is 0. The molecule has 1 atom stereocenters. The van der Waals surface area contributed by atoms with Crippen LogP contribution < -0.4 is 5.73 Å². The molecule has 0 radical (unpaired) electrons. The lowest BCUT2D eigenvalue weighted by Gasteiger charge is -2.51. The molecule has 3 nitrogen and oxygen atoms in total. The van der Waals surface area contributed by atoms with Crippen LogP contribution >= 0.6 is 11.6 Å². The van der Waals surface area contributed by atoms with Gasteiger partial charge >= 0.3 is 5.97 Å². The first-order chi connectivity index (χ1) is 9.18. The molecule has 0 aromatic heterocycles. The van der Waals surface area contributed by atoms with Gasteiger partial charge in [-0.2, -0.15) is 0 Å². The van der Waals surface area contributed by atoms with E-state index in [1.807, 2.05) is 32.9 Å². The van der Waals surface area contributed by atoms with Crippen molar-refractivity contribution >= 4 is 23.3 Å². The van der Waals surface area contributed by atoms with E-state index in [0.717, 1.165) is 24.8 Å². The third-order valence-corrected chi connectivity index (χ3v) is 4.83. The molecule has 1 aromatic rings. The molecule has 0 bridgehead atoms. The lowest BCUT2D eigenvalue weighted by molar-refractivity contribution is -0.152. The fourth-order valence-electron chi connectivity index (χ4n) is 3.59. The maximum absolute atomic E-state index is 11.9. The van der Waals surface area contributed by atoms with E-state index >= 15 is 0 Å². The Morgan fingerprint density at radius 2 is 2.00 bits per heavy atom. The van der Waals surface area contributed by atoms with Gasteiger partial charge in [-0.1, -0.05) is 44.9 Å². The summed E-state index contributed by atoms with van der Waals surface area (Å²) in [6.45, 7) is 5.97. The first-order valence-electron chi connectivity index (χ1n) is 6.97. The lowest BCUT2D eigenvalue weighted by Crippen LogP contribution is -2.51. The largest absolute Gasteiger partial charge is 0.481 e. The normalized spacial score (nSPS) is 19.2. The summed E-state index contributed by atoms with van der Waals surface area (Å²) in [6, 6.07) is 5.55. The third kappa shape index (κ3) is 2.39. The molecule has 3 N–H and O–H groups in total. The number of carboxylic acid groups (broad SMARTS) is 1. The maximum Gasteiger partial charge on any atom is 0.307 e. The number of rotatable bonds is 3. The van der Waals surface area contributed by atoms with Crippen LogP contribution in [-0.4, -0.2) is 11.1 Å². The van der Waals surface area contributed by atoms with Crippen molar-refractivity contribution in [1.82, 2.24) is 0 Å². The molecular weight excluding hydrogens is 274 g/mol. The molecule has 4 heteroatoms. The average Bonchev–Trinajstić information content (AvgIpc) is 2.25. The molecular formula is C16H22ClNO2. The van der Waals surface area contributed by atoms with Crippen LogP contribution in [0, 0.1) is 11.3 Å². The zero-order chi connectivity index (χ0) is 15.1. The molecule has 0 spiro atoms. The lowest BCUT2D eigenvalue weighted by atomic mass is 9.52. The summed E-state index contributed by atoms with van der Waals surface area (Å²) < 4.78 is 0. The van der Waals surface area contributed by atoms with E-state index in [2.05, 4.69) is 0 Å². The van der Waals surface area contributed by atoms with Gasteiger partial charge in [0.2, 0.25) is 0 Å². The van der Waals surface area contributed by atoms with Crippen LogP contribution in [0.2, 0.25) is 5.02 Å². The number of aliphatic carboxylic acids is 1. The van der Waals surface area contributed by atoms with E-state index in [4.69, 9.17) is 17.3 Å². The highest BCUT2D eigenvalue weighted by Gasteiger charge is 2.53. The summed E-state index contributed by atoms with van der Waals surface area (Å²) in [5.41, 5.74) is 6.81. The third-order valence-electron chi connectivity index (χ3n) is 4.48. The minimum atomic E-state index is -0.731. The minimum Gasteiger partial charge on any atom is -0.481 e. The van der Waals surface area contributed by atoms with Gasteiger partial charge in [0.1, 0.15) is 0 Å². The minimum absolute atomic E-state index is 0.305. The van der Waals surface area contributed by atoms with Crippen molar-refractivity contribution in [2.45, 2.75) is 45.4 Å². The molecule has 1 aliphatic rings. The van der Waals surface area contributed by atoms with Crippen molar-refractivity contribution in [1.29, 1.82) is 0 Å². The summed E-state index contributed by atoms with van der Waals surface area (Å²) in [5, 5.41) is 10.3. The first kappa shape index (κ1) is 15.2. The van der Waals surface area contributed by atoms with Gasteiger partial charge in [-0.05, 0) is 36.0 Å². The molecule has 1 saturated carbocycles. The molecule has 1 fully saturated rings. The van der Waals surface area contributed by atoms with E-state index in [0.29, 0.717) is 10.7 Å². The Morgan fingerprint density at radius 3 is 2.35 bits per heavy atom. The van der Waals surface area contributed by atoms with Gasteiger partial charge in [0.05, 0.1) is 16.6 Å². The Bertz CT molecular complexity index is 530. The predicted molar refractivity (Wildman–Crippen MR) is 82.0 cm³/mol.